The SMILES string of the molecule is COC(=O)c1ccccc1NC(=O)CN1c2ccc(F)cc2-c2ccccc2S1(=O)=O. The highest BCUT2D eigenvalue weighted by Gasteiger charge is 2.36. The van der Waals surface area contributed by atoms with E-state index in [1.54, 1.807) is 30.3 Å². The number of nitrogens with one attached hydrogen (secondary N) is 1. The lowest BCUT2D eigenvalue weighted by Gasteiger charge is -2.31. The first kappa shape index (κ1) is 20.5. The number of para-hydroxylation sites is 1. The summed E-state index contributed by atoms with van der Waals surface area (Å²) in [6.07, 6.45) is 0. The molecule has 0 spiro atoms. The van der Waals surface area contributed by atoms with Crippen LogP contribution in [0.2, 0.25) is 0 Å². The van der Waals surface area contributed by atoms with E-state index in [2.05, 4.69) is 5.32 Å². The molecule has 0 atom stereocenters. The van der Waals surface area contributed by atoms with Gasteiger partial charge < -0.3 is 10.1 Å². The van der Waals surface area contributed by atoms with Gasteiger partial charge in [-0.1, -0.05) is 30.3 Å². The van der Waals surface area contributed by atoms with Crippen molar-refractivity contribution in [2.75, 3.05) is 23.3 Å². The van der Waals surface area contributed by atoms with Crippen LogP contribution in [0, 0.1) is 5.82 Å². The van der Waals surface area contributed by atoms with E-state index in [0.29, 0.717) is 11.1 Å². The number of esters is 1. The first-order chi connectivity index (χ1) is 14.8. The maximum absolute atomic E-state index is 13.9. The van der Waals surface area contributed by atoms with Crippen molar-refractivity contribution >= 4 is 33.3 Å². The minimum atomic E-state index is -4.07. The molecular weight excluding hydrogens is 423 g/mol. The fourth-order valence-electron chi connectivity index (χ4n) is 3.47. The number of hydrogen-bond donors (Lipinski definition) is 1. The average Bonchev–Trinajstić information content (AvgIpc) is 2.77. The molecule has 0 aliphatic carbocycles. The van der Waals surface area contributed by atoms with E-state index in [9.17, 15) is 22.4 Å². The van der Waals surface area contributed by atoms with Crippen LogP contribution in [0.1, 0.15) is 10.4 Å². The quantitative estimate of drug-likeness (QED) is 0.628. The number of anilines is 2. The number of fused-ring (bicyclic) bond motifs is 3. The summed E-state index contributed by atoms with van der Waals surface area (Å²) in [7, 11) is -2.85. The minimum absolute atomic E-state index is 0.0177. The monoisotopic (exact) mass is 440 g/mol. The lowest BCUT2D eigenvalue weighted by atomic mass is 10.0. The van der Waals surface area contributed by atoms with Crippen LogP contribution in [0.15, 0.2) is 71.6 Å². The number of amides is 1. The lowest BCUT2D eigenvalue weighted by molar-refractivity contribution is -0.114. The summed E-state index contributed by atoms with van der Waals surface area (Å²) in [5, 5.41) is 2.56. The molecule has 0 aromatic heterocycles. The van der Waals surface area contributed by atoms with Crippen LogP contribution in [0.5, 0.6) is 0 Å². The first-order valence-electron chi connectivity index (χ1n) is 9.22. The van der Waals surface area contributed by atoms with E-state index in [1.165, 1.54) is 37.4 Å². The van der Waals surface area contributed by atoms with Crippen molar-refractivity contribution in [3.8, 4) is 11.1 Å². The Kier molecular flexibility index (Phi) is 5.20. The average molecular weight is 440 g/mol. The summed E-state index contributed by atoms with van der Waals surface area (Å²) in [4.78, 5) is 24.7. The number of hydrogen-bond acceptors (Lipinski definition) is 5. The molecule has 1 aliphatic rings. The van der Waals surface area contributed by atoms with Crippen LogP contribution in [0.4, 0.5) is 15.8 Å². The molecule has 3 aromatic rings. The van der Waals surface area contributed by atoms with Crippen molar-refractivity contribution in [1.82, 2.24) is 0 Å². The van der Waals surface area contributed by atoms with Gasteiger partial charge in [0.15, 0.2) is 0 Å². The van der Waals surface area contributed by atoms with Crippen LogP contribution < -0.4 is 9.62 Å². The maximum Gasteiger partial charge on any atom is 0.339 e. The summed E-state index contributed by atoms with van der Waals surface area (Å²) in [6, 6.07) is 16.1. The largest absolute Gasteiger partial charge is 0.465 e. The van der Waals surface area contributed by atoms with Gasteiger partial charge in [0.2, 0.25) is 5.91 Å². The van der Waals surface area contributed by atoms with Gasteiger partial charge in [0.1, 0.15) is 12.4 Å². The fraction of sp³-hybridized carbons (Fsp3) is 0.0909. The minimum Gasteiger partial charge on any atom is -0.465 e. The number of benzene rings is 3. The van der Waals surface area contributed by atoms with E-state index in [0.717, 1.165) is 10.4 Å². The zero-order valence-electron chi connectivity index (χ0n) is 16.3. The van der Waals surface area contributed by atoms with Crippen LogP contribution in [0.25, 0.3) is 11.1 Å². The van der Waals surface area contributed by atoms with Gasteiger partial charge in [0.05, 0.1) is 28.9 Å². The molecule has 0 saturated heterocycles. The number of carbonyl (C=O) groups is 2. The summed E-state index contributed by atoms with van der Waals surface area (Å²) < 4.78 is 46.0. The third kappa shape index (κ3) is 3.64. The number of methoxy groups -OCH3 is 1. The Labute approximate surface area is 178 Å². The van der Waals surface area contributed by atoms with Crippen molar-refractivity contribution in [2.45, 2.75) is 4.90 Å². The van der Waals surface area contributed by atoms with Crippen LogP contribution in [-0.4, -0.2) is 33.9 Å². The predicted octanol–water partition coefficient (Wildman–Crippen LogP) is 3.43. The molecule has 1 N–H and O–H groups in total. The van der Waals surface area contributed by atoms with Gasteiger partial charge in [-0.3, -0.25) is 9.10 Å². The molecule has 0 fully saturated rings. The molecule has 1 heterocycles. The van der Waals surface area contributed by atoms with E-state index >= 15 is 0 Å². The van der Waals surface area contributed by atoms with Crippen LogP contribution in [0.3, 0.4) is 0 Å². The molecule has 158 valence electrons. The summed E-state index contributed by atoms with van der Waals surface area (Å²) in [5.41, 5.74) is 1.25. The molecule has 4 rings (SSSR count). The molecule has 1 aliphatic heterocycles. The fourth-order valence-corrected chi connectivity index (χ4v) is 5.12. The Hall–Kier alpha value is -3.72. The predicted molar refractivity (Wildman–Crippen MR) is 113 cm³/mol. The van der Waals surface area contributed by atoms with Crippen molar-refractivity contribution in [3.05, 3.63) is 78.1 Å². The second-order valence-corrected chi connectivity index (χ2v) is 8.59. The Balaban J connectivity index is 1.71. The number of ether oxygens (including phenoxy) is 1. The standard InChI is InChI=1S/C22H17FN2O5S/c1-30-22(27)16-7-2-4-8-18(16)24-21(26)13-25-19-11-10-14(23)12-17(19)15-6-3-5-9-20(15)31(25,28)29/h2-12H,13H2,1H3,(H,24,26). The van der Waals surface area contributed by atoms with E-state index in [1.807, 2.05) is 0 Å². The van der Waals surface area contributed by atoms with Gasteiger partial charge in [-0.2, -0.15) is 0 Å². The Bertz CT molecular complexity index is 1310. The normalized spacial score (nSPS) is 13.7. The number of carbonyl (C=O) groups excluding carboxylic acids is 2. The Morgan fingerprint density at radius 1 is 1.00 bits per heavy atom. The van der Waals surface area contributed by atoms with Crippen molar-refractivity contribution < 1.29 is 27.1 Å². The Morgan fingerprint density at radius 2 is 1.71 bits per heavy atom. The molecule has 31 heavy (non-hydrogen) atoms. The highest BCUT2D eigenvalue weighted by molar-refractivity contribution is 7.93. The molecular formula is C22H17FN2O5S. The third-order valence-corrected chi connectivity index (χ3v) is 6.68. The highest BCUT2D eigenvalue weighted by atomic mass is 32.2. The van der Waals surface area contributed by atoms with E-state index < -0.39 is 34.3 Å². The number of sulfonamides is 1. The first-order valence-corrected chi connectivity index (χ1v) is 10.7. The molecule has 0 saturated carbocycles. The zero-order valence-corrected chi connectivity index (χ0v) is 17.1. The molecule has 9 heteroatoms. The highest BCUT2D eigenvalue weighted by Crippen LogP contribution is 2.43. The van der Waals surface area contributed by atoms with Gasteiger partial charge in [-0.15, -0.1) is 0 Å². The van der Waals surface area contributed by atoms with Crippen molar-refractivity contribution in [2.24, 2.45) is 0 Å². The molecule has 0 radical (unpaired) electrons. The van der Waals surface area contributed by atoms with Gasteiger partial charge in [0, 0.05) is 11.1 Å². The van der Waals surface area contributed by atoms with Crippen molar-refractivity contribution in [3.63, 3.8) is 0 Å². The number of rotatable bonds is 4. The third-order valence-electron chi connectivity index (χ3n) is 4.87. The second-order valence-electron chi connectivity index (χ2n) is 6.75. The maximum atomic E-state index is 13.9. The molecule has 3 aromatic carbocycles. The summed E-state index contributed by atoms with van der Waals surface area (Å²) in [6.45, 7) is -0.565. The van der Waals surface area contributed by atoms with Crippen molar-refractivity contribution in [1.29, 1.82) is 0 Å². The second kappa shape index (κ2) is 7.84. The molecule has 1 amide bonds. The van der Waals surface area contributed by atoms with Gasteiger partial charge in [0.25, 0.3) is 10.0 Å². The molecule has 0 bridgehead atoms. The molecule has 0 unspecified atom stereocenters. The van der Waals surface area contributed by atoms with Crippen LogP contribution in [-0.2, 0) is 19.6 Å². The van der Waals surface area contributed by atoms with Gasteiger partial charge in [-0.25, -0.2) is 17.6 Å². The lowest BCUT2D eigenvalue weighted by Crippen LogP contribution is -2.40. The van der Waals surface area contributed by atoms with Gasteiger partial charge in [-0.05, 0) is 36.4 Å². The zero-order chi connectivity index (χ0) is 22.2. The Morgan fingerprint density at radius 3 is 2.48 bits per heavy atom. The molecule has 7 nitrogen and oxygen atoms in total. The van der Waals surface area contributed by atoms with Crippen LogP contribution >= 0.6 is 0 Å². The summed E-state index contributed by atoms with van der Waals surface area (Å²) >= 11 is 0. The van der Waals surface area contributed by atoms with Gasteiger partial charge >= 0.3 is 5.97 Å². The number of halogens is 1. The number of nitrogens with zero attached hydrogens (tertiary/aromatic N) is 1. The van der Waals surface area contributed by atoms with E-state index in [-0.39, 0.29) is 21.8 Å². The summed E-state index contributed by atoms with van der Waals surface area (Å²) in [5.74, 6) is -1.84. The smallest absolute Gasteiger partial charge is 0.339 e. The topological polar surface area (TPSA) is 92.8 Å². The van der Waals surface area contributed by atoms with E-state index in [4.69, 9.17) is 4.74 Å².